The van der Waals surface area contributed by atoms with Crippen molar-refractivity contribution in [3.63, 3.8) is 0 Å². The first-order valence-electron chi connectivity index (χ1n) is 9.63. The number of nitrogens with two attached hydrogens (primary N) is 1. The van der Waals surface area contributed by atoms with E-state index in [1.165, 1.54) is 10.9 Å². The van der Waals surface area contributed by atoms with Crippen LogP contribution < -0.4 is 11.3 Å². The fourth-order valence-electron chi connectivity index (χ4n) is 3.58. The lowest BCUT2D eigenvalue weighted by molar-refractivity contribution is -0.134. The number of rotatable bonds is 6. The van der Waals surface area contributed by atoms with E-state index < -0.39 is 0 Å². The second-order valence-electron chi connectivity index (χ2n) is 7.05. The van der Waals surface area contributed by atoms with Gasteiger partial charge in [0.25, 0.3) is 5.56 Å². The molecule has 0 radical (unpaired) electrons. The molecule has 2 N–H and O–H groups in total. The number of halogens is 1. The van der Waals surface area contributed by atoms with Crippen molar-refractivity contribution in [3.05, 3.63) is 40.9 Å². The van der Waals surface area contributed by atoms with Crippen molar-refractivity contribution < 1.29 is 13.9 Å². The maximum absolute atomic E-state index is 12.7. The van der Waals surface area contributed by atoms with E-state index in [9.17, 15) is 9.59 Å². The number of hydrogen-bond acceptors (Lipinski definition) is 6. The van der Waals surface area contributed by atoms with E-state index in [1.54, 1.807) is 11.0 Å². The molecule has 0 spiro atoms. The highest BCUT2D eigenvalue weighted by Gasteiger charge is 2.24. The van der Waals surface area contributed by atoms with Crippen LogP contribution in [0.2, 0.25) is 0 Å². The van der Waals surface area contributed by atoms with Crippen LogP contribution in [0.3, 0.4) is 0 Å². The smallest absolute Gasteiger partial charge is 0.297 e. The lowest BCUT2D eigenvalue weighted by Gasteiger charge is -2.32. The average Bonchev–Trinajstić information content (AvgIpc) is 3.10. The fraction of sp³-hybridized carbons (Fsp3) is 0.450. The fourth-order valence-corrected chi connectivity index (χ4v) is 3.58. The summed E-state index contributed by atoms with van der Waals surface area (Å²) >= 11 is 0. The van der Waals surface area contributed by atoms with Crippen LogP contribution in [0.5, 0.6) is 0 Å². The minimum absolute atomic E-state index is 0. The van der Waals surface area contributed by atoms with E-state index in [4.69, 9.17) is 14.9 Å². The van der Waals surface area contributed by atoms with E-state index in [2.05, 4.69) is 4.98 Å². The zero-order valence-electron chi connectivity index (χ0n) is 16.1. The number of para-hydroxylation sites is 1. The van der Waals surface area contributed by atoms with Gasteiger partial charge in [0, 0.05) is 25.1 Å². The zero-order chi connectivity index (χ0) is 19.5. The molecule has 9 heteroatoms. The molecule has 29 heavy (non-hydrogen) atoms. The molecule has 0 atom stereocenters. The average molecular weight is 421 g/mol. The lowest BCUT2D eigenvalue weighted by atomic mass is 10.1. The molecule has 3 aromatic rings. The molecule has 0 unspecified atom stereocenters. The number of likely N-dealkylation sites (tertiary alicyclic amines) is 1. The summed E-state index contributed by atoms with van der Waals surface area (Å²) < 4.78 is 12.8. The second-order valence-corrected chi connectivity index (χ2v) is 7.05. The Labute approximate surface area is 174 Å². The first kappa shape index (κ1) is 21.3. The third-order valence-electron chi connectivity index (χ3n) is 5.15. The van der Waals surface area contributed by atoms with Gasteiger partial charge in [-0.25, -0.2) is 4.98 Å². The van der Waals surface area contributed by atoms with Crippen LogP contribution in [0, 0.1) is 0 Å². The van der Waals surface area contributed by atoms with Crippen LogP contribution in [0.15, 0.2) is 39.8 Å². The highest BCUT2D eigenvalue weighted by Crippen LogP contribution is 2.24. The summed E-state index contributed by atoms with van der Waals surface area (Å²) in [4.78, 5) is 31.5. The van der Waals surface area contributed by atoms with Crippen molar-refractivity contribution in [2.45, 2.75) is 31.9 Å². The first-order valence-corrected chi connectivity index (χ1v) is 9.63. The zero-order valence-corrected chi connectivity index (χ0v) is 16.9. The monoisotopic (exact) mass is 420 g/mol. The summed E-state index contributed by atoms with van der Waals surface area (Å²) in [6, 6.07) is 7.38. The molecule has 3 heterocycles. The Bertz CT molecular complexity index is 1040. The van der Waals surface area contributed by atoms with Crippen LogP contribution in [0.1, 0.15) is 19.3 Å². The van der Waals surface area contributed by atoms with Crippen LogP contribution in [0.4, 0.5) is 0 Å². The highest BCUT2D eigenvalue weighted by molar-refractivity contribution is 6.01. The SMILES string of the molecule is Cl.NCCCOC1CCN(C(=O)Cn2cnc3c(oc4ccccc43)c2=O)CC1. The van der Waals surface area contributed by atoms with Gasteiger partial charge >= 0.3 is 0 Å². The van der Waals surface area contributed by atoms with Crippen molar-refractivity contribution in [1.82, 2.24) is 14.5 Å². The van der Waals surface area contributed by atoms with Gasteiger partial charge in [-0.05, 0) is 37.9 Å². The van der Waals surface area contributed by atoms with Crippen molar-refractivity contribution in [1.29, 1.82) is 0 Å². The van der Waals surface area contributed by atoms with Crippen LogP contribution in [-0.2, 0) is 16.1 Å². The van der Waals surface area contributed by atoms with Crippen molar-refractivity contribution in [3.8, 4) is 0 Å². The highest BCUT2D eigenvalue weighted by atomic mass is 35.5. The van der Waals surface area contributed by atoms with Crippen LogP contribution in [-0.4, -0.2) is 52.7 Å². The van der Waals surface area contributed by atoms with E-state index in [-0.39, 0.29) is 42.1 Å². The molecule has 8 nitrogen and oxygen atoms in total. The maximum Gasteiger partial charge on any atom is 0.297 e. The molecule has 0 bridgehead atoms. The minimum Gasteiger partial charge on any atom is -0.448 e. The predicted molar refractivity (Wildman–Crippen MR) is 112 cm³/mol. The summed E-state index contributed by atoms with van der Waals surface area (Å²) in [6.07, 6.45) is 4.04. The molecule has 1 aromatic carbocycles. The number of carbonyl (C=O) groups is 1. The lowest BCUT2D eigenvalue weighted by Crippen LogP contribution is -2.43. The summed E-state index contributed by atoms with van der Waals surface area (Å²) in [6.45, 7) is 2.49. The Kier molecular flexibility index (Phi) is 6.89. The van der Waals surface area contributed by atoms with Crippen LogP contribution >= 0.6 is 12.4 Å². The molecule has 1 amide bonds. The van der Waals surface area contributed by atoms with Gasteiger partial charge < -0.3 is 19.8 Å². The molecule has 0 saturated carbocycles. The normalized spacial score (nSPS) is 15.0. The Morgan fingerprint density at radius 2 is 2.03 bits per heavy atom. The third-order valence-corrected chi connectivity index (χ3v) is 5.15. The summed E-state index contributed by atoms with van der Waals surface area (Å²) in [5.41, 5.74) is 6.46. The van der Waals surface area contributed by atoms with E-state index in [0.29, 0.717) is 37.3 Å². The van der Waals surface area contributed by atoms with Gasteiger partial charge in [0.2, 0.25) is 11.5 Å². The van der Waals surface area contributed by atoms with E-state index in [0.717, 1.165) is 24.6 Å². The van der Waals surface area contributed by atoms with Crippen molar-refractivity contribution in [2.75, 3.05) is 26.2 Å². The topological polar surface area (TPSA) is 104 Å². The van der Waals surface area contributed by atoms with Crippen molar-refractivity contribution in [2.24, 2.45) is 5.73 Å². The molecule has 1 aliphatic heterocycles. The number of piperidine rings is 1. The summed E-state index contributed by atoms with van der Waals surface area (Å²) in [5, 5.41) is 0.796. The number of furan rings is 1. The predicted octanol–water partition coefficient (Wildman–Crippen LogP) is 1.92. The van der Waals surface area contributed by atoms with Gasteiger partial charge in [0.15, 0.2) is 0 Å². The molecule has 2 aromatic heterocycles. The largest absolute Gasteiger partial charge is 0.448 e. The second kappa shape index (κ2) is 9.39. The molecule has 1 saturated heterocycles. The number of fused-ring (bicyclic) bond motifs is 3. The Balaban J connectivity index is 0.00000240. The Morgan fingerprint density at radius 3 is 2.79 bits per heavy atom. The number of amides is 1. The molecular weight excluding hydrogens is 396 g/mol. The number of nitrogens with zero attached hydrogens (tertiary/aromatic N) is 3. The van der Waals surface area contributed by atoms with Gasteiger partial charge in [-0.15, -0.1) is 12.4 Å². The molecule has 1 fully saturated rings. The number of aromatic nitrogens is 2. The van der Waals surface area contributed by atoms with E-state index >= 15 is 0 Å². The van der Waals surface area contributed by atoms with Crippen molar-refractivity contribution >= 4 is 40.4 Å². The van der Waals surface area contributed by atoms with Gasteiger partial charge in [-0.3, -0.25) is 14.2 Å². The number of ether oxygens (including phenoxy) is 1. The van der Waals surface area contributed by atoms with Crippen LogP contribution in [0.25, 0.3) is 22.1 Å². The quantitative estimate of drug-likeness (QED) is 0.611. The maximum atomic E-state index is 12.7. The van der Waals surface area contributed by atoms with Gasteiger partial charge in [0.05, 0.1) is 12.4 Å². The van der Waals surface area contributed by atoms with Gasteiger partial charge in [-0.2, -0.15) is 0 Å². The number of hydrogen-bond donors (Lipinski definition) is 1. The van der Waals surface area contributed by atoms with Gasteiger partial charge in [-0.1, -0.05) is 12.1 Å². The summed E-state index contributed by atoms with van der Waals surface area (Å²) in [5.74, 6) is -0.0974. The first-order chi connectivity index (χ1) is 13.7. The summed E-state index contributed by atoms with van der Waals surface area (Å²) in [7, 11) is 0. The Hall–Kier alpha value is -2.42. The molecule has 156 valence electrons. The third kappa shape index (κ3) is 4.44. The Morgan fingerprint density at radius 1 is 1.28 bits per heavy atom. The standard InChI is InChI=1S/C20H24N4O4.ClH/c21-8-3-11-27-14-6-9-23(10-7-14)17(25)12-24-13-22-18-15-4-1-2-5-16(15)28-19(18)20(24)26;/h1-2,4-5,13-14H,3,6-12,21H2;1H. The number of carbonyl (C=O) groups excluding carboxylic acids is 1. The van der Waals surface area contributed by atoms with Gasteiger partial charge in [0.1, 0.15) is 17.6 Å². The molecule has 4 rings (SSSR count). The molecular formula is C20H25ClN4O4. The number of benzene rings is 1. The molecule has 0 aliphatic carbocycles. The molecule has 1 aliphatic rings. The van der Waals surface area contributed by atoms with E-state index in [1.807, 2.05) is 18.2 Å². The minimum atomic E-state index is -0.338.